The van der Waals surface area contributed by atoms with Crippen LogP contribution in [0.3, 0.4) is 0 Å². The number of hydrogen-bond acceptors (Lipinski definition) is 3. The average Bonchev–Trinajstić information content (AvgIpc) is 2.28. The highest BCUT2D eigenvalue weighted by molar-refractivity contribution is 5.77. The molecule has 0 aliphatic carbocycles. The van der Waals surface area contributed by atoms with Gasteiger partial charge in [0.15, 0.2) is 0 Å². The van der Waals surface area contributed by atoms with Crippen molar-refractivity contribution in [1.82, 2.24) is 0 Å². The van der Waals surface area contributed by atoms with Gasteiger partial charge >= 0.3 is 5.97 Å². The summed E-state index contributed by atoms with van der Waals surface area (Å²) in [7, 11) is 0. The minimum Gasteiger partial charge on any atom is -0.465 e. The van der Waals surface area contributed by atoms with E-state index in [4.69, 9.17) is 4.74 Å². The first-order chi connectivity index (χ1) is 7.89. The molecule has 0 saturated carbocycles. The summed E-state index contributed by atoms with van der Waals surface area (Å²) in [5.41, 5.74) is -0.743. The summed E-state index contributed by atoms with van der Waals surface area (Å²) in [6.45, 7) is 5.09. The number of esters is 1. The molecular formula is C13H17FO3. The van der Waals surface area contributed by atoms with Gasteiger partial charge in [-0.25, -0.2) is 4.39 Å². The Morgan fingerprint density at radius 2 is 2.18 bits per heavy atom. The minimum absolute atomic E-state index is 0.248. The number of aliphatic hydroxyl groups excluding tert-OH is 1. The number of carbonyl (C=O) groups is 1. The van der Waals surface area contributed by atoms with Gasteiger partial charge in [0, 0.05) is 0 Å². The zero-order chi connectivity index (χ0) is 13.1. The maximum absolute atomic E-state index is 13.0. The standard InChI is InChI=1S/C13H17FO3/c1-4-17-12(16)13(2,3)11(15)9-6-5-7-10(14)8-9/h5-8,11,15H,4H2,1-3H3. The molecule has 0 aliphatic heterocycles. The zero-order valence-corrected chi connectivity index (χ0v) is 10.2. The van der Waals surface area contributed by atoms with Crippen LogP contribution in [0.2, 0.25) is 0 Å². The predicted octanol–water partition coefficient (Wildman–Crippen LogP) is 2.45. The summed E-state index contributed by atoms with van der Waals surface area (Å²) in [5.74, 6) is -0.946. The predicted molar refractivity (Wildman–Crippen MR) is 61.8 cm³/mol. The van der Waals surface area contributed by atoms with E-state index in [1.54, 1.807) is 26.8 Å². The molecule has 3 nitrogen and oxygen atoms in total. The number of ether oxygens (including phenoxy) is 1. The topological polar surface area (TPSA) is 46.5 Å². The second-order valence-electron chi connectivity index (χ2n) is 4.40. The van der Waals surface area contributed by atoms with Crippen molar-refractivity contribution < 1.29 is 19.0 Å². The van der Waals surface area contributed by atoms with Gasteiger partial charge in [0.1, 0.15) is 5.82 Å². The number of aliphatic hydroxyl groups is 1. The van der Waals surface area contributed by atoms with Crippen LogP contribution in [0.15, 0.2) is 24.3 Å². The second-order valence-corrected chi connectivity index (χ2v) is 4.40. The van der Waals surface area contributed by atoms with E-state index in [9.17, 15) is 14.3 Å². The van der Waals surface area contributed by atoms with Gasteiger partial charge in [-0.3, -0.25) is 4.79 Å². The Morgan fingerprint density at radius 3 is 2.71 bits per heavy atom. The highest BCUT2D eigenvalue weighted by Crippen LogP contribution is 2.34. The van der Waals surface area contributed by atoms with Gasteiger partial charge in [-0.05, 0) is 38.5 Å². The van der Waals surface area contributed by atoms with Gasteiger partial charge in [-0.15, -0.1) is 0 Å². The molecule has 0 aliphatic rings. The first kappa shape index (κ1) is 13.6. The van der Waals surface area contributed by atoms with Gasteiger partial charge in [0.2, 0.25) is 0 Å². The fraction of sp³-hybridized carbons (Fsp3) is 0.462. The van der Waals surface area contributed by atoms with E-state index in [0.29, 0.717) is 5.56 Å². The fourth-order valence-corrected chi connectivity index (χ4v) is 1.52. The molecule has 1 rings (SSSR count). The van der Waals surface area contributed by atoms with Crippen LogP contribution in [0.25, 0.3) is 0 Å². The molecule has 0 bridgehead atoms. The Balaban J connectivity index is 2.95. The molecule has 0 saturated heterocycles. The molecule has 0 amide bonds. The third kappa shape index (κ3) is 3.03. The van der Waals surface area contributed by atoms with E-state index in [0.717, 1.165) is 0 Å². The molecule has 1 atom stereocenters. The Bertz CT molecular complexity index is 401. The molecule has 1 N–H and O–H groups in total. The van der Waals surface area contributed by atoms with Crippen molar-refractivity contribution in [2.45, 2.75) is 26.9 Å². The van der Waals surface area contributed by atoms with Crippen LogP contribution in [0, 0.1) is 11.2 Å². The summed E-state index contributed by atoms with van der Waals surface area (Å²) in [6.07, 6.45) is -1.10. The van der Waals surface area contributed by atoms with Crippen LogP contribution < -0.4 is 0 Å². The molecule has 0 heterocycles. The third-order valence-corrected chi connectivity index (χ3v) is 2.65. The molecule has 4 heteroatoms. The molecule has 17 heavy (non-hydrogen) atoms. The normalized spacial score (nSPS) is 13.2. The monoisotopic (exact) mass is 240 g/mol. The van der Waals surface area contributed by atoms with E-state index < -0.39 is 23.3 Å². The van der Waals surface area contributed by atoms with E-state index in [-0.39, 0.29) is 6.61 Å². The Morgan fingerprint density at radius 1 is 1.53 bits per heavy atom. The molecule has 1 unspecified atom stereocenters. The molecule has 0 spiro atoms. The van der Waals surface area contributed by atoms with Crippen LogP contribution in [-0.4, -0.2) is 17.7 Å². The minimum atomic E-state index is -1.11. The van der Waals surface area contributed by atoms with Crippen molar-refractivity contribution in [3.8, 4) is 0 Å². The van der Waals surface area contributed by atoms with E-state index in [2.05, 4.69) is 0 Å². The van der Waals surface area contributed by atoms with Gasteiger partial charge in [-0.2, -0.15) is 0 Å². The molecule has 0 fully saturated rings. The van der Waals surface area contributed by atoms with E-state index >= 15 is 0 Å². The van der Waals surface area contributed by atoms with E-state index in [1.807, 2.05) is 0 Å². The maximum Gasteiger partial charge on any atom is 0.314 e. The molecule has 0 radical (unpaired) electrons. The van der Waals surface area contributed by atoms with Gasteiger partial charge in [0.25, 0.3) is 0 Å². The average molecular weight is 240 g/mol. The maximum atomic E-state index is 13.0. The first-order valence-corrected chi connectivity index (χ1v) is 5.50. The Hall–Kier alpha value is -1.42. The summed E-state index contributed by atoms with van der Waals surface area (Å²) in [6, 6.07) is 5.57. The number of hydrogen-bond donors (Lipinski definition) is 1. The molecule has 94 valence electrons. The van der Waals surface area contributed by atoms with Crippen LogP contribution in [0.1, 0.15) is 32.4 Å². The third-order valence-electron chi connectivity index (χ3n) is 2.65. The first-order valence-electron chi connectivity index (χ1n) is 5.50. The summed E-state index contributed by atoms with van der Waals surface area (Å²) >= 11 is 0. The molecule has 1 aromatic rings. The molecule has 1 aromatic carbocycles. The number of rotatable bonds is 4. The summed E-state index contributed by atoms with van der Waals surface area (Å²) in [5, 5.41) is 10.1. The van der Waals surface area contributed by atoms with Crippen molar-refractivity contribution >= 4 is 5.97 Å². The van der Waals surface area contributed by atoms with Crippen LogP contribution in [0.5, 0.6) is 0 Å². The SMILES string of the molecule is CCOC(=O)C(C)(C)C(O)c1cccc(F)c1. The smallest absolute Gasteiger partial charge is 0.314 e. The quantitative estimate of drug-likeness (QED) is 0.822. The number of carbonyl (C=O) groups excluding carboxylic acids is 1. The largest absolute Gasteiger partial charge is 0.465 e. The van der Waals surface area contributed by atoms with Crippen molar-refractivity contribution in [1.29, 1.82) is 0 Å². The fourth-order valence-electron chi connectivity index (χ4n) is 1.52. The van der Waals surface area contributed by atoms with Crippen LogP contribution in [0.4, 0.5) is 4.39 Å². The molecule has 0 aromatic heterocycles. The lowest BCUT2D eigenvalue weighted by Gasteiger charge is -2.28. The van der Waals surface area contributed by atoms with Crippen LogP contribution in [-0.2, 0) is 9.53 Å². The summed E-state index contributed by atoms with van der Waals surface area (Å²) < 4.78 is 17.9. The van der Waals surface area contributed by atoms with Crippen molar-refractivity contribution in [2.24, 2.45) is 5.41 Å². The van der Waals surface area contributed by atoms with Crippen molar-refractivity contribution in [2.75, 3.05) is 6.61 Å². The summed E-state index contributed by atoms with van der Waals surface area (Å²) in [4.78, 5) is 11.7. The van der Waals surface area contributed by atoms with Gasteiger partial charge in [0.05, 0.1) is 18.1 Å². The Labute approximate surface area is 100 Å². The molecular weight excluding hydrogens is 223 g/mol. The van der Waals surface area contributed by atoms with Crippen molar-refractivity contribution in [3.05, 3.63) is 35.6 Å². The number of benzene rings is 1. The van der Waals surface area contributed by atoms with E-state index in [1.165, 1.54) is 18.2 Å². The lowest BCUT2D eigenvalue weighted by Crippen LogP contribution is -2.33. The highest BCUT2D eigenvalue weighted by atomic mass is 19.1. The lowest BCUT2D eigenvalue weighted by molar-refractivity contribution is -0.160. The highest BCUT2D eigenvalue weighted by Gasteiger charge is 2.38. The van der Waals surface area contributed by atoms with Crippen molar-refractivity contribution in [3.63, 3.8) is 0 Å². The second kappa shape index (κ2) is 5.27. The zero-order valence-electron chi connectivity index (χ0n) is 10.2. The Kier molecular flexibility index (Phi) is 4.23. The van der Waals surface area contributed by atoms with Gasteiger partial charge < -0.3 is 9.84 Å². The van der Waals surface area contributed by atoms with Gasteiger partial charge in [-0.1, -0.05) is 12.1 Å². The van der Waals surface area contributed by atoms with Crippen LogP contribution >= 0.6 is 0 Å². The number of halogens is 1. The lowest BCUT2D eigenvalue weighted by atomic mass is 9.82.